The Balaban J connectivity index is 2.39. The topological polar surface area (TPSA) is 56.5 Å². The number of hydrazine groups is 1. The Morgan fingerprint density at radius 1 is 1.64 bits per heavy atom. The third-order valence-corrected chi connectivity index (χ3v) is 2.10. The van der Waals surface area contributed by atoms with E-state index in [1.165, 1.54) is 0 Å². The highest BCUT2D eigenvalue weighted by molar-refractivity contribution is 5.05. The molecule has 0 fully saturated rings. The Labute approximate surface area is 85.4 Å². The average molecular weight is 200 g/mol. The highest BCUT2D eigenvalue weighted by Crippen LogP contribution is 2.13. The maximum absolute atomic E-state index is 5.50. The first-order valence-corrected chi connectivity index (χ1v) is 5.14. The highest BCUT2D eigenvalue weighted by atomic mass is 16.5. The van der Waals surface area contributed by atoms with Crippen molar-refractivity contribution in [3.8, 4) is 0 Å². The predicted molar refractivity (Wildman–Crippen MR) is 55.5 cm³/mol. The zero-order valence-corrected chi connectivity index (χ0v) is 8.95. The largest absolute Gasteiger partial charge is 0.496 e. The summed E-state index contributed by atoms with van der Waals surface area (Å²) >= 11 is 0. The van der Waals surface area contributed by atoms with Crippen LogP contribution >= 0.6 is 0 Å². The lowest BCUT2D eigenvalue weighted by Gasteiger charge is -2.23. The van der Waals surface area contributed by atoms with Crippen LogP contribution in [0.4, 0.5) is 0 Å². The molecule has 0 bridgehead atoms. The van der Waals surface area contributed by atoms with E-state index in [2.05, 4.69) is 11.5 Å². The zero-order chi connectivity index (χ0) is 10.4. The van der Waals surface area contributed by atoms with Crippen LogP contribution in [-0.4, -0.2) is 25.4 Å². The normalized spacial score (nSPS) is 19.0. The molecular formula is C10H20N2O2. The van der Waals surface area contributed by atoms with Crippen LogP contribution in [0.5, 0.6) is 0 Å². The highest BCUT2D eigenvalue weighted by Gasteiger charge is 2.16. The van der Waals surface area contributed by atoms with E-state index in [0.29, 0.717) is 6.61 Å². The van der Waals surface area contributed by atoms with Gasteiger partial charge in [-0.05, 0) is 32.8 Å². The van der Waals surface area contributed by atoms with Gasteiger partial charge in [0, 0.05) is 0 Å². The van der Waals surface area contributed by atoms with E-state index in [-0.39, 0.29) is 12.1 Å². The summed E-state index contributed by atoms with van der Waals surface area (Å²) in [5.74, 6) is 6.36. The lowest BCUT2D eigenvalue weighted by molar-refractivity contribution is 0.0501. The number of ether oxygens (including phenoxy) is 2. The number of nitrogens with one attached hydrogen (secondary N) is 1. The SMILES string of the molecule is CC(C)OCC(NN)C1=CCCCO1. The van der Waals surface area contributed by atoms with Crippen LogP contribution in [0.3, 0.4) is 0 Å². The van der Waals surface area contributed by atoms with Gasteiger partial charge in [-0.2, -0.15) is 0 Å². The molecule has 14 heavy (non-hydrogen) atoms. The van der Waals surface area contributed by atoms with Gasteiger partial charge in [-0.3, -0.25) is 5.84 Å². The van der Waals surface area contributed by atoms with Gasteiger partial charge in [-0.25, -0.2) is 5.43 Å². The third kappa shape index (κ3) is 3.65. The first-order chi connectivity index (χ1) is 6.74. The molecule has 4 heteroatoms. The summed E-state index contributed by atoms with van der Waals surface area (Å²) in [5, 5.41) is 0. The maximum atomic E-state index is 5.50. The van der Waals surface area contributed by atoms with Crippen molar-refractivity contribution < 1.29 is 9.47 Å². The van der Waals surface area contributed by atoms with E-state index in [4.69, 9.17) is 15.3 Å². The van der Waals surface area contributed by atoms with E-state index < -0.39 is 0 Å². The fraction of sp³-hybridized carbons (Fsp3) is 0.800. The van der Waals surface area contributed by atoms with Gasteiger partial charge in [0.2, 0.25) is 0 Å². The van der Waals surface area contributed by atoms with Crippen LogP contribution in [-0.2, 0) is 9.47 Å². The summed E-state index contributed by atoms with van der Waals surface area (Å²) < 4.78 is 11.0. The third-order valence-electron chi connectivity index (χ3n) is 2.10. The Bertz CT molecular complexity index is 193. The Kier molecular flexibility index (Phi) is 4.93. The van der Waals surface area contributed by atoms with Gasteiger partial charge in [0.05, 0.1) is 19.3 Å². The minimum absolute atomic E-state index is 0.0160. The van der Waals surface area contributed by atoms with Gasteiger partial charge in [-0.1, -0.05) is 0 Å². The standard InChI is InChI=1S/C10H20N2O2/c1-8(2)14-7-9(12-11)10-5-3-4-6-13-10/h5,8-9,12H,3-4,6-7,11H2,1-2H3. The molecule has 0 saturated carbocycles. The molecule has 1 rings (SSSR count). The van der Waals surface area contributed by atoms with Crippen LogP contribution in [0, 0.1) is 0 Å². The molecule has 0 spiro atoms. The quantitative estimate of drug-likeness (QED) is 0.512. The molecule has 82 valence electrons. The number of hydrogen-bond donors (Lipinski definition) is 2. The molecule has 0 aromatic rings. The van der Waals surface area contributed by atoms with Crippen molar-refractivity contribution in [2.75, 3.05) is 13.2 Å². The summed E-state index contributed by atoms with van der Waals surface area (Å²) in [7, 11) is 0. The lowest BCUT2D eigenvalue weighted by Crippen LogP contribution is -2.42. The molecule has 1 atom stereocenters. The van der Waals surface area contributed by atoms with Gasteiger partial charge in [-0.15, -0.1) is 0 Å². The van der Waals surface area contributed by atoms with E-state index in [9.17, 15) is 0 Å². The summed E-state index contributed by atoms with van der Waals surface area (Å²) in [6.45, 7) is 5.35. The molecule has 0 amide bonds. The molecule has 1 aliphatic heterocycles. The number of hydrogen-bond acceptors (Lipinski definition) is 4. The molecule has 0 aromatic heterocycles. The Hall–Kier alpha value is -0.580. The first kappa shape index (κ1) is 11.5. The van der Waals surface area contributed by atoms with Crippen LogP contribution in [0.15, 0.2) is 11.8 Å². The average Bonchev–Trinajstić information content (AvgIpc) is 2.20. The molecule has 1 unspecified atom stereocenters. The second-order valence-electron chi connectivity index (χ2n) is 3.70. The van der Waals surface area contributed by atoms with Crippen molar-refractivity contribution >= 4 is 0 Å². The fourth-order valence-corrected chi connectivity index (χ4v) is 1.32. The van der Waals surface area contributed by atoms with E-state index in [1.54, 1.807) is 0 Å². The summed E-state index contributed by atoms with van der Waals surface area (Å²) in [6, 6.07) is -0.0160. The van der Waals surface area contributed by atoms with Crippen LogP contribution in [0.2, 0.25) is 0 Å². The van der Waals surface area contributed by atoms with Gasteiger partial charge in [0.25, 0.3) is 0 Å². The monoisotopic (exact) mass is 200 g/mol. The van der Waals surface area contributed by atoms with Gasteiger partial charge >= 0.3 is 0 Å². The summed E-state index contributed by atoms with van der Waals surface area (Å²) in [6.07, 6.45) is 4.45. The molecular weight excluding hydrogens is 180 g/mol. The molecule has 0 aliphatic carbocycles. The van der Waals surface area contributed by atoms with Crippen LogP contribution in [0.25, 0.3) is 0 Å². The fourth-order valence-electron chi connectivity index (χ4n) is 1.32. The molecule has 1 heterocycles. The Morgan fingerprint density at radius 2 is 2.43 bits per heavy atom. The smallest absolute Gasteiger partial charge is 0.113 e. The lowest BCUT2D eigenvalue weighted by atomic mass is 10.1. The molecule has 3 N–H and O–H groups in total. The first-order valence-electron chi connectivity index (χ1n) is 5.14. The zero-order valence-electron chi connectivity index (χ0n) is 8.95. The number of rotatable bonds is 5. The van der Waals surface area contributed by atoms with Gasteiger partial charge < -0.3 is 9.47 Å². The van der Waals surface area contributed by atoms with Gasteiger partial charge in [0.1, 0.15) is 11.8 Å². The van der Waals surface area contributed by atoms with Crippen LogP contribution in [0.1, 0.15) is 26.7 Å². The second kappa shape index (κ2) is 6.01. The minimum atomic E-state index is -0.0160. The Morgan fingerprint density at radius 3 is 2.93 bits per heavy atom. The number of allylic oxidation sites excluding steroid dienone is 1. The summed E-state index contributed by atoms with van der Waals surface area (Å²) in [5.41, 5.74) is 2.71. The molecule has 0 aromatic carbocycles. The molecule has 4 nitrogen and oxygen atoms in total. The van der Waals surface area contributed by atoms with Crippen molar-refractivity contribution in [1.82, 2.24) is 5.43 Å². The minimum Gasteiger partial charge on any atom is -0.496 e. The number of nitrogens with two attached hydrogens (primary N) is 1. The second-order valence-corrected chi connectivity index (χ2v) is 3.70. The van der Waals surface area contributed by atoms with E-state index in [1.807, 2.05) is 13.8 Å². The summed E-state index contributed by atoms with van der Waals surface area (Å²) in [4.78, 5) is 0. The van der Waals surface area contributed by atoms with Crippen molar-refractivity contribution in [1.29, 1.82) is 0 Å². The molecule has 1 aliphatic rings. The maximum Gasteiger partial charge on any atom is 0.113 e. The van der Waals surface area contributed by atoms with Crippen molar-refractivity contribution in [2.24, 2.45) is 5.84 Å². The van der Waals surface area contributed by atoms with Crippen molar-refractivity contribution in [3.05, 3.63) is 11.8 Å². The van der Waals surface area contributed by atoms with Crippen molar-refractivity contribution in [2.45, 2.75) is 38.8 Å². The van der Waals surface area contributed by atoms with Crippen LogP contribution < -0.4 is 11.3 Å². The van der Waals surface area contributed by atoms with E-state index >= 15 is 0 Å². The molecule has 0 saturated heterocycles. The van der Waals surface area contributed by atoms with Crippen molar-refractivity contribution in [3.63, 3.8) is 0 Å². The predicted octanol–water partition coefficient (Wildman–Crippen LogP) is 0.938. The molecule has 0 radical (unpaired) electrons. The van der Waals surface area contributed by atoms with E-state index in [0.717, 1.165) is 25.2 Å². The van der Waals surface area contributed by atoms with Gasteiger partial charge in [0.15, 0.2) is 0 Å².